The summed E-state index contributed by atoms with van der Waals surface area (Å²) in [5.41, 5.74) is 0.578. The second-order valence-corrected chi connectivity index (χ2v) is 10.9. The molecule has 3 aromatic rings. The smallest absolute Gasteiger partial charge is 0.337 e. The van der Waals surface area contributed by atoms with E-state index >= 15 is 0 Å². The van der Waals surface area contributed by atoms with Crippen LogP contribution in [-0.4, -0.2) is 81.2 Å². The number of para-hydroxylation sites is 1. The van der Waals surface area contributed by atoms with E-state index in [1.54, 1.807) is 24.3 Å². The molecule has 6 rings (SSSR count). The van der Waals surface area contributed by atoms with Crippen LogP contribution in [0.15, 0.2) is 96.1 Å². The lowest BCUT2D eigenvalue weighted by Gasteiger charge is -2.36. The summed E-state index contributed by atoms with van der Waals surface area (Å²) in [7, 11) is 5.26. The van der Waals surface area contributed by atoms with Crippen LogP contribution >= 0.6 is 0 Å². The highest BCUT2D eigenvalue weighted by Gasteiger charge is 2.78. The fourth-order valence-corrected chi connectivity index (χ4v) is 5.81. The zero-order valence-electron chi connectivity index (χ0n) is 23.8. The first-order valence-electron chi connectivity index (χ1n) is 14.0. The number of methoxy groups -OCH3 is 1. The third-order valence-electron chi connectivity index (χ3n) is 7.83. The number of carbonyl (C=O) groups is 2. The van der Waals surface area contributed by atoms with Crippen LogP contribution in [0.3, 0.4) is 0 Å². The lowest BCUT2D eigenvalue weighted by molar-refractivity contribution is -0.144. The minimum atomic E-state index is -1.33. The number of likely N-dealkylation sites (N-methyl/N-ethyl adjacent to an activating group) is 1. The average Bonchev–Trinajstić information content (AvgIpc) is 3.66. The van der Waals surface area contributed by atoms with E-state index in [-0.39, 0.29) is 17.3 Å². The maximum atomic E-state index is 13.8. The van der Waals surface area contributed by atoms with E-state index in [0.29, 0.717) is 30.2 Å². The molecule has 0 aromatic heterocycles. The number of rotatable bonds is 12. The number of anilines is 1. The van der Waals surface area contributed by atoms with Gasteiger partial charge in [-0.15, -0.1) is 0 Å². The van der Waals surface area contributed by atoms with E-state index in [1.165, 1.54) is 7.11 Å². The third kappa shape index (κ3) is 5.27. The maximum Gasteiger partial charge on any atom is 0.337 e. The van der Waals surface area contributed by atoms with Crippen molar-refractivity contribution in [2.24, 2.45) is 0 Å². The van der Waals surface area contributed by atoms with Crippen molar-refractivity contribution in [1.82, 2.24) is 4.90 Å². The predicted octanol–water partition coefficient (Wildman–Crippen LogP) is 3.64. The normalized spacial score (nSPS) is 24.2. The van der Waals surface area contributed by atoms with Gasteiger partial charge in [-0.05, 0) is 56.1 Å². The number of esters is 1. The molecule has 3 aromatic carbocycles. The quantitative estimate of drug-likeness (QED) is 0.260. The van der Waals surface area contributed by atoms with Crippen LogP contribution in [0.2, 0.25) is 0 Å². The molecule has 3 aliphatic rings. The van der Waals surface area contributed by atoms with Crippen molar-refractivity contribution < 1.29 is 33.3 Å². The highest BCUT2D eigenvalue weighted by atomic mass is 16.7. The largest absolute Gasteiger partial charge is 0.492 e. The number of benzene rings is 3. The molecule has 3 aliphatic heterocycles. The highest BCUT2D eigenvalue weighted by molar-refractivity contribution is 6.12. The fraction of sp³-hybridized carbons (Fsp3) is 0.333. The molecule has 218 valence electrons. The first kappa shape index (κ1) is 28.0. The van der Waals surface area contributed by atoms with Gasteiger partial charge >= 0.3 is 5.97 Å². The Morgan fingerprint density at radius 2 is 1.64 bits per heavy atom. The number of nitrogens with zero attached hydrogens (tertiary/aromatic N) is 1. The van der Waals surface area contributed by atoms with Crippen molar-refractivity contribution in [3.63, 3.8) is 0 Å². The van der Waals surface area contributed by atoms with Crippen LogP contribution in [0.1, 0.15) is 5.56 Å². The van der Waals surface area contributed by atoms with E-state index in [4.69, 9.17) is 23.7 Å². The van der Waals surface area contributed by atoms with Crippen molar-refractivity contribution in [1.29, 1.82) is 0 Å². The Balaban J connectivity index is 1.32. The molecule has 5 atom stereocenters. The lowest BCUT2D eigenvalue weighted by atomic mass is 9.76. The van der Waals surface area contributed by atoms with Gasteiger partial charge in [-0.2, -0.15) is 0 Å². The number of amides is 1. The molecular weight excluding hydrogens is 536 g/mol. The zero-order chi connectivity index (χ0) is 29.3. The van der Waals surface area contributed by atoms with E-state index in [2.05, 4.69) is 5.32 Å². The summed E-state index contributed by atoms with van der Waals surface area (Å²) in [5.74, 6) is 0.223. The van der Waals surface area contributed by atoms with Gasteiger partial charge in [-0.25, -0.2) is 4.79 Å². The van der Waals surface area contributed by atoms with E-state index in [9.17, 15) is 9.59 Å². The van der Waals surface area contributed by atoms with Crippen LogP contribution < -0.4 is 14.8 Å². The first-order chi connectivity index (χ1) is 20.4. The number of ether oxygens (including phenoxy) is 5. The van der Waals surface area contributed by atoms with Crippen LogP contribution in [0.25, 0.3) is 0 Å². The van der Waals surface area contributed by atoms with Gasteiger partial charge in [0.25, 0.3) is 5.91 Å². The Morgan fingerprint density at radius 3 is 2.31 bits per heavy atom. The summed E-state index contributed by atoms with van der Waals surface area (Å²) in [6, 6.07) is 26.3. The van der Waals surface area contributed by atoms with Crippen LogP contribution in [0, 0.1) is 0 Å². The second kappa shape index (κ2) is 11.6. The number of fused-ring (bicyclic) bond motifs is 5. The molecule has 1 N–H and O–H groups in total. The molecule has 3 heterocycles. The summed E-state index contributed by atoms with van der Waals surface area (Å²) in [6.07, 6.45) is -1.79. The van der Waals surface area contributed by atoms with Crippen molar-refractivity contribution in [3.05, 3.63) is 102 Å². The SMILES string of the molecule is COC(=O)C1=C(C(=O)Nc2ccc(OCCN(C)C)cc2)C2OC1(C(Cc1ccccc1)Oc1ccccc1)C1OC21. The summed E-state index contributed by atoms with van der Waals surface area (Å²) in [5, 5.41) is 2.93. The molecule has 0 aliphatic carbocycles. The van der Waals surface area contributed by atoms with Crippen molar-refractivity contribution in [2.45, 2.75) is 36.4 Å². The molecule has 1 amide bonds. The van der Waals surface area contributed by atoms with Gasteiger partial charge in [0.1, 0.15) is 42.5 Å². The fourth-order valence-electron chi connectivity index (χ4n) is 5.81. The van der Waals surface area contributed by atoms with E-state index in [0.717, 1.165) is 12.1 Å². The summed E-state index contributed by atoms with van der Waals surface area (Å²) < 4.78 is 30.2. The van der Waals surface area contributed by atoms with Crippen LogP contribution in [-0.2, 0) is 30.2 Å². The Morgan fingerprint density at radius 1 is 0.952 bits per heavy atom. The minimum absolute atomic E-state index is 0.145. The summed E-state index contributed by atoms with van der Waals surface area (Å²) in [6.45, 7) is 1.34. The van der Waals surface area contributed by atoms with Gasteiger partial charge in [-0.3, -0.25) is 4.79 Å². The van der Waals surface area contributed by atoms with Crippen LogP contribution in [0.4, 0.5) is 5.69 Å². The average molecular weight is 571 g/mol. The Kier molecular flexibility index (Phi) is 7.72. The molecular formula is C33H34N2O7. The van der Waals surface area contributed by atoms with Gasteiger partial charge in [0.2, 0.25) is 0 Å². The molecule has 2 fully saturated rings. The molecule has 9 heteroatoms. The monoisotopic (exact) mass is 570 g/mol. The van der Waals surface area contributed by atoms with Gasteiger partial charge in [-0.1, -0.05) is 48.5 Å². The van der Waals surface area contributed by atoms with E-state index < -0.39 is 35.8 Å². The maximum absolute atomic E-state index is 13.8. The third-order valence-corrected chi connectivity index (χ3v) is 7.83. The highest BCUT2D eigenvalue weighted by Crippen LogP contribution is 2.60. The molecule has 9 nitrogen and oxygen atoms in total. The number of epoxide rings is 1. The molecule has 42 heavy (non-hydrogen) atoms. The topological polar surface area (TPSA) is 98.9 Å². The number of nitrogens with one attached hydrogen (secondary N) is 1. The van der Waals surface area contributed by atoms with Crippen molar-refractivity contribution >= 4 is 17.6 Å². The molecule has 0 saturated carbocycles. The van der Waals surface area contributed by atoms with Gasteiger partial charge in [0.05, 0.1) is 18.3 Å². The van der Waals surface area contributed by atoms with Gasteiger partial charge < -0.3 is 33.9 Å². The number of carbonyl (C=O) groups excluding carboxylic acids is 2. The molecule has 2 bridgehead atoms. The number of hydrogen-bond donors (Lipinski definition) is 1. The lowest BCUT2D eigenvalue weighted by Crippen LogP contribution is -2.54. The molecule has 2 saturated heterocycles. The number of hydrogen-bond acceptors (Lipinski definition) is 8. The Hall–Kier alpha value is -4.18. The van der Waals surface area contributed by atoms with Gasteiger partial charge in [0, 0.05) is 18.7 Å². The van der Waals surface area contributed by atoms with Crippen molar-refractivity contribution in [3.8, 4) is 11.5 Å². The molecule has 0 spiro atoms. The Bertz CT molecular complexity index is 1420. The molecule has 5 unspecified atom stereocenters. The predicted molar refractivity (Wildman–Crippen MR) is 155 cm³/mol. The second-order valence-electron chi connectivity index (χ2n) is 10.9. The zero-order valence-corrected chi connectivity index (χ0v) is 23.8. The van der Waals surface area contributed by atoms with E-state index in [1.807, 2.05) is 79.7 Å². The van der Waals surface area contributed by atoms with Gasteiger partial charge in [0.15, 0.2) is 5.60 Å². The van der Waals surface area contributed by atoms with Crippen LogP contribution in [0.5, 0.6) is 11.5 Å². The summed E-state index contributed by atoms with van der Waals surface area (Å²) in [4.78, 5) is 29.3. The standard InChI is InChI=1S/C33H34N2O7/c1-35(2)18-19-39-23-16-14-22(15-17-23)34-31(36)26-27(32(37)38-3)33(30-29(41-30)28(26)42-33)25(20-21-10-6-4-7-11-21)40-24-12-8-5-9-13-24/h4-17,25,28-30H,18-20H2,1-3H3,(H,34,36). The first-order valence-corrected chi connectivity index (χ1v) is 14.0. The Labute approximate surface area is 245 Å². The minimum Gasteiger partial charge on any atom is -0.492 e. The van der Waals surface area contributed by atoms with Crippen molar-refractivity contribution in [2.75, 3.05) is 39.7 Å². The molecule has 0 radical (unpaired) electrons. The summed E-state index contributed by atoms with van der Waals surface area (Å²) >= 11 is 0.